The van der Waals surface area contributed by atoms with E-state index in [4.69, 9.17) is 0 Å². The van der Waals surface area contributed by atoms with Gasteiger partial charge >= 0.3 is 0 Å². The van der Waals surface area contributed by atoms with Crippen LogP contribution in [0.4, 0.5) is 5.82 Å². The summed E-state index contributed by atoms with van der Waals surface area (Å²) < 4.78 is 0.929. The molecule has 5 heteroatoms. The van der Waals surface area contributed by atoms with E-state index in [1.807, 2.05) is 0 Å². The summed E-state index contributed by atoms with van der Waals surface area (Å²) in [5.74, 6) is 0.895. The summed E-state index contributed by atoms with van der Waals surface area (Å²) >= 11 is 3.42. The first-order valence-electron chi connectivity index (χ1n) is 4.79. The highest BCUT2D eigenvalue weighted by Crippen LogP contribution is 2.19. The van der Waals surface area contributed by atoms with Crippen molar-refractivity contribution >= 4 is 21.7 Å². The number of nitrogens with zero attached hydrogens (tertiary/aromatic N) is 2. The lowest BCUT2D eigenvalue weighted by molar-refractivity contribution is 0.478. The van der Waals surface area contributed by atoms with E-state index in [2.05, 4.69) is 36.5 Å². The van der Waals surface area contributed by atoms with Crippen LogP contribution >= 0.6 is 15.9 Å². The number of hydrogen-bond acceptors (Lipinski definition) is 4. The van der Waals surface area contributed by atoms with Crippen LogP contribution in [0.3, 0.4) is 0 Å². The van der Waals surface area contributed by atoms with Crippen molar-refractivity contribution in [3.8, 4) is 0 Å². The lowest BCUT2D eigenvalue weighted by Gasteiger charge is -2.24. The molecule has 0 radical (unpaired) electrons. The molecule has 2 rings (SSSR count). The van der Waals surface area contributed by atoms with Crippen molar-refractivity contribution in [3.63, 3.8) is 0 Å². The Morgan fingerprint density at radius 1 is 1.43 bits per heavy atom. The Bertz CT molecular complexity index is 299. The molecule has 4 nitrogen and oxygen atoms in total. The van der Waals surface area contributed by atoms with Gasteiger partial charge in [-0.15, -0.1) is 0 Å². The first-order chi connectivity index (χ1) is 6.86. The van der Waals surface area contributed by atoms with E-state index in [0.29, 0.717) is 6.04 Å². The minimum Gasteiger partial charge on any atom is -0.366 e. The van der Waals surface area contributed by atoms with Crippen molar-refractivity contribution in [1.82, 2.24) is 15.3 Å². The van der Waals surface area contributed by atoms with E-state index in [1.165, 1.54) is 0 Å². The summed E-state index contributed by atoms with van der Waals surface area (Å²) in [4.78, 5) is 8.11. The molecule has 0 spiro atoms. The van der Waals surface area contributed by atoms with Crippen molar-refractivity contribution in [2.24, 2.45) is 0 Å². The summed E-state index contributed by atoms with van der Waals surface area (Å²) in [6, 6.07) is 0.530. The molecule has 0 saturated carbocycles. The molecular formula is C9H13BrN4. The zero-order chi connectivity index (χ0) is 9.80. The van der Waals surface area contributed by atoms with Crippen LogP contribution in [0.15, 0.2) is 17.0 Å². The van der Waals surface area contributed by atoms with E-state index in [1.54, 1.807) is 12.5 Å². The predicted octanol–water partition coefficient (Wildman–Crippen LogP) is 1.40. The largest absolute Gasteiger partial charge is 0.366 e. The number of nitrogens with one attached hydrogen (secondary N) is 2. The smallest absolute Gasteiger partial charge is 0.143 e. The minimum absolute atomic E-state index is 0.530. The fourth-order valence-electron chi connectivity index (χ4n) is 1.58. The molecule has 1 saturated heterocycles. The summed E-state index contributed by atoms with van der Waals surface area (Å²) in [5.41, 5.74) is 0. The van der Waals surface area contributed by atoms with Gasteiger partial charge in [-0.25, -0.2) is 9.97 Å². The molecule has 1 fully saturated rings. The third-order valence-electron chi connectivity index (χ3n) is 2.35. The summed E-state index contributed by atoms with van der Waals surface area (Å²) in [5, 5.41) is 6.74. The van der Waals surface area contributed by atoms with Gasteiger partial charge in [0.15, 0.2) is 0 Å². The number of aromatic nitrogens is 2. The van der Waals surface area contributed by atoms with Crippen LogP contribution in [0.5, 0.6) is 0 Å². The Balaban J connectivity index is 1.99. The molecule has 1 aliphatic heterocycles. The summed E-state index contributed by atoms with van der Waals surface area (Å²) in [7, 11) is 0. The molecule has 76 valence electrons. The maximum atomic E-state index is 4.18. The van der Waals surface area contributed by atoms with E-state index >= 15 is 0 Å². The molecule has 2 heterocycles. The van der Waals surface area contributed by atoms with Crippen LogP contribution in [0, 0.1) is 0 Å². The minimum atomic E-state index is 0.530. The van der Waals surface area contributed by atoms with Crippen molar-refractivity contribution in [3.05, 3.63) is 17.0 Å². The molecule has 1 aromatic heterocycles. The number of rotatable bonds is 2. The summed E-state index contributed by atoms with van der Waals surface area (Å²) in [6.45, 7) is 2.17. The van der Waals surface area contributed by atoms with Gasteiger partial charge in [0.1, 0.15) is 12.1 Å². The lowest BCUT2D eigenvalue weighted by Crippen LogP contribution is -2.35. The average Bonchev–Trinajstić information content (AvgIpc) is 2.23. The molecular weight excluding hydrogens is 244 g/mol. The third-order valence-corrected chi connectivity index (χ3v) is 2.93. The van der Waals surface area contributed by atoms with Gasteiger partial charge in [0.25, 0.3) is 0 Å². The molecule has 0 atom stereocenters. The topological polar surface area (TPSA) is 49.8 Å². The van der Waals surface area contributed by atoms with Crippen LogP contribution in [-0.4, -0.2) is 29.1 Å². The van der Waals surface area contributed by atoms with Crippen molar-refractivity contribution in [2.75, 3.05) is 18.4 Å². The van der Waals surface area contributed by atoms with Gasteiger partial charge in [-0.1, -0.05) is 0 Å². The van der Waals surface area contributed by atoms with Crippen molar-refractivity contribution in [1.29, 1.82) is 0 Å². The van der Waals surface area contributed by atoms with Crippen molar-refractivity contribution < 1.29 is 0 Å². The standard InChI is InChI=1S/C9H13BrN4/c10-8-5-12-6-13-9(8)14-7-1-3-11-4-2-7/h5-7,11H,1-4H2,(H,12,13,14). The molecule has 0 amide bonds. The van der Waals surface area contributed by atoms with Gasteiger partial charge in [0.05, 0.1) is 4.47 Å². The Labute approximate surface area is 91.7 Å². The molecule has 1 aromatic rings. The van der Waals surface area contributed by atoms with Gasteiger partial charge in [-0.3, -0.25) is 0 Å². The number of anilines is 1. The summed E-state index contributed by atoms with van der Waals surface area (Å²) in [6.07, 6.45) is 5.62. The average molecular weight is 257 g/mol. The highest BCUT2D eigenvalue weighted by molar-refractivity contribution is 9.10. The normalized spacial score (nSPS) is 18.1. The molecule has 0 aromatic carbocycles. The predicted molar refractivity (Wildman–Crippen MR) is 59.2 cm³/mol. The highest BCUT2D eigenvalue weighted by atomic mass is 79.9. The molecule has 0 bridgehead atoms. The zero-order valence-corrected chi connectivity index (χ0v) is 9.42. The van der Waals surface area contributed by atoms with Crippen LogP contribution in [0.1, 0.15) is 12.8 Å². The second kappa shape index (κ2) is 4.70. The number of piperidine rings is 1. The number of hydrogen-bond donors (Lipinski definition) is 2. The second-order valence-electron chi connectivity index (χ2n) is 3.39. The van der Waals surface area contributed by atoms with Gasteiger partial charge < -0.3 is 10.6 Å². The fraction of sp³-hybridized carbons (Fsp3) is 0.556. The monoisotopic (exact) mass is 256 g/mol. The first kappa shape index (κ1) is 9.86. The van der Waals surface area contributed by atoms with E-state index in [-0.39, 0.29) is 0 Å². The van der Waals surface area contributed by atoms with Gasteiger partial charge in [-0.05, 0) is 41.9 Å². The maximum Gasteiger partial charge on any atom is 0.143 e. The van der Waals surface area contributed by atoms with Gasteiger partial charge in [0.2, 0.25) is 0 Å². The van der Waals surface area contributed by atoms with Gasteiger partial charge in [0, 0.05) is 12.2 Å². The second-order valence-corrected chi connectivity index (χ2v) is 4.24. The van der Waals surface area contributed by atoms with Crippen LogP contribution in [-0.2, 0) is 0 Å². The molecule has 14 heavy (non-hydrogen) atoms. The Kier molecular flexibility index (Phi) is 3.31. The Morgan fingerprint density at radius 3 is 2.93 bits per heavy atom. The third kappa shape index (κ3) is 2.42. The van der Waals surface area contributed by atoms with Crippen LogP contribution in [0.25, 0.3) is 0 Å². The van der Waals surface area contributed by atoms with Crippen molar-refractivity contribution in [2.45, 2.75) is 18.9 Å². The Hall–Kier alpha value is -0.680. The zero-order valence-electron chi connectivity index (χ0n) is 7.83. The number of halogens is 1. The maximum absolute atomic E-state index is 4.18. The molecule has 0 aliphatic carbocycles. The van der Waals surface area contributed by atoms with E-state index in [0.717, 1.165) is 36.2 Å². The van der Waals surface area contributed by atoms with Crippen LogP contribution < -0.4 is 10.6 Å². The molecule has 0 unspecified atom stereocenters. The SMILES string of the molecule is Brc1cncnc1NC1CCNCC1. The van der Waals surface area contributed by atoms with E-state index < -0.39 is 0 Å². The first-order valence-corrected chi connectivity index (χ1v) is 5.58. The Morgan fingerprint density at radius 2 is 2.21 bits per heavy atom. The fourth-order valence-corrected chi connectivity index (χ4v) is 1.91. The highest BCUT2D eigenvalue weighted by Gasteiger charge is 2.13. The van der Waals surface area contributed by atoms with E-state index in [9.17, 15) is 0 Å². The molecule has 2 N–H and O–H groups in total. The molecule has 1 aliphatic rings. The van der Waals surface area contributed by atoms with Gasteiger partial charge in [-0.2, -0.15) is 0 Å². The lowest BCUT2D eigenvalue weighted by atomic mass is 10.1. The quantitative estimate of drug-likeness (QED) is 0.840. The van der Waals surface area contributed by atoms with Crippen LogP contribution in [0.2, 0.25) is 0 Å².